The van der Waals surface area contributed by atoms with E-state index in [-0.39, 0.29) is 5.91 Å². The molecule has 25 heavy (non-hydrogen) atoms. The van der Waals surface area contributed by atoms with Gasteiger partial charge in [-0.2, -0.15) is 0 Å². The third kappa shape index (κ3) is 4.11. The topological polar surface area (TPSA) is 42.4 Å². The van der Waals surface area contributed by atoms with Crippen molar-refractivity contribution >= 4 is 39.1 Å². The van der Waals surface area contributed by atoms with Crippen molar-refractivity contribution in [2.24, 2.45) is 0 Å². The van der Waals surface area contributed by atoms with E-state index < -0.39 is 5.60 Å². The average molecular weight is 375 g/mol. The van der Waals surface area contributed by atoms with E-state index in [2.05, 4.69) is 4.98 Å². The Balaban J connectivity index is 1.70. The number of carbonyl (C=O) groups excluding carboxylic acids is 1. The Bertz CT molecular complexity index is 857. The zero-order valence-electron chi connectivity index (χ0n) is 14.3. The zero-order valence-corrected chi connectivity index (χ0v) is 15.9. The van der Waals surface area contributed by atoms with Crippen LogP contribution in [-0.2, 0) is 11.3 Å². The Morgan fingerprint density at radius 1 is 1.20 bits per heavy atom. The van der Waals surface area contributed by atoms with E-state index in [0.717, 1.165) is 15.2 Å². The quantitative estimate of drug-likeness (QED) is 0.646. The molecule has 130 valence electrons. The summed E-state index contributed by atoms with van der Waals surface area (Å²) in [7, 11) is 1.77. The fraction of sp³-hybridized carbons (Fsp3) is 0.263. The summed E-state index contributed by atoms with van der Waals surface area (Å²) in [6.45, 7) is 3.98. The van der Waals surface area contributed by atoms with Crippen molar-refractivity contribution in [2.45, 2.75) is 26.0 Å². The summed E-state index contributed by atoms with van der Waals surface area (Å²) >= 11 is 7.48. The van der Waals surface area contributed by atoms with Crippen LogP contribution in [0.3, 0.4) is 0 Å². The number of carbonyl (C=O) groups is 1. The molecule has 0 spiro atoms. The van der Waals surface area contributed by atoms with Gasteiger partial charge in [0.2, 0.25) is 0 Å². The summed E-state index contributed by atoms with van der Waals surface area (Å²) < 4.78 is 6.99. The lowest BCUT2D eigenvalue weighted by molar-refractivity contribution is -0.144. The minimum Gasteiger partial charge on any atom is -0.478 e. The molecule has 0 aliphatic carbocycles. The van der Waals surface area contributed by atoms with Crippen LogP contribution in [0.5, 0.6) is 5.75 Å². The highest BCUT2D eigenvalue weighted by Crippen LogP contribution is 2.25. The Kier molecular flexibility index (Phi) is 4.97. The molecule has 1 aromatic heterocycles. The molecule has 0 saturated carbocycles. The van der Waals surface area contributed by atoms with Crippen molar-refractivity contribution in [1.29, 1.82) is 0 Å². The highest BCUT2D eigenvalue weighted by atomic mass is 35.5. The van der Waals surface area contributed by atoms with Gasteiger partial charge in [0.25, 0.3) is 5.91 Å². The van der Waals surface area contributed by atoms with Gasteiger partial charge in [-0.25, -0.2) is 4.98 Å². The number of fused-ring (bicyclic) bond motifs is 1. The van der Waals surface area contributed by atoms with E-state index in [1.54, 1.807) is 61.4 Å². The first-order chi connectivity index (χ1) is 11.8. The fourth-order valence-electron chi connectivity index (χ4n) is 2.56. The van der Waals surface area contributed by atoms with Gasteiger partial charge in [0.15, 0.2) is 5.60 Å². The molecule has 0 saturated heterocycles. The predicted molar refractivity (Wildman–Crippen MR) is 102 cm³/mol. The molecule has 0 atom stereocenters. The number of benzene rings is 2. The zero-order chi connectivity index (χ0) is 18.0. The van der Waals surface area contributed by atoms with Crippen LogP contribution >= 0.6 is 22.9 Å². The highest BCUT2D eigenvalue weighted by molar-refractivity contribution is 7.18. The van der Waals surface area contributed by atoms with Crippen LogP contribution in [0.2, 0.25) is 5.02 Å². The third-order valence-electron chi connectivity index (χ3n) is 3.76. The summed E-state index contributed by atoms with van der Waals surface area (Å²) in [6.07, 6.45) is 0. The molecule has 0 radical (unpaired) electrons. The Morgan fingerprint density at radius 2 is 1.88 bits per heavy atom. The largest absolute Gasteiger partial charge is 0.478 e. The molecule has 1 amide bonds. The third-order valence-corrected chi connectivity index (χ3v) is 5.03. The molecule has 3 rings (SSSR count). The molecule has 6 heteroatoms. The number of hydrogen-bond acceptors (Lipinski definition) is 4. The lowest BCUT2D eigenvalue weighted by Gasteiger charge is -2.29. The minimum atomic E-state index is -0.987. The minimum absolute atomic E-state index is 0.110. The van der Waals surface area contributed by atoms with Crippen LogP contribution in [0.15, 0.2) is 48.5 Å². The summed E-state index contributed by atoms with van der Waals surface area (Å²) in [4.78, 5) is 19.0. The second-order valence-corrected chi connectivity index (χ2v) is 7.85. The van der Waals surface area contributed by atoms with E-state index in [0.29, 0.717) is 17.3 Å². The number of thiazole rings is 1. The second kappa shape index (κ2) is 7.02. The molecule has 0 aliphatic heterocycles. The fourth-order valence-corrected chi connectivity index (χ4v) is 3.71. The van der Waals surface area contributed by atoms with Gasteiger partial charge < -0.3 is 9.64 Å². The molecule has 0 aliphatic rings. The molecule has 0 fully saturated rings. The van der Waals surface area contributed by atoms with E-state index >= 15 is 0 Å². The average Bonchev–Trinajstić information content (AvgIpc) is 2.98. The van der Waals surface area contributed by atoms with Crippen molar-refractivity contribution in [3.8, 4) is 5.75 Å². The number of hydrogen-bond donors (Lipinski definition) is 0. The summed E-state index contributed by atoms with van der Waals surface area (Å²) in [5.74, 6) is 0.498. The maximum atomic E-state index is 12.8. The van der Waals surface area contributed by atoms with Crippen molar-refractivity contribution in [2.75, 3.05) is 7.05 Å². The lowest BCUT2D eigenvalue weighted by atomic mass is 10.1. The molecule has 2 aromatic carbocycles. The summed E-state index contributed by atoms with van der Waals surface area (Å²) in [6, 6.07) is 14.9. The Labute approximate surface area is 156 Å². The molecule has 3 aromatic rings. The van der Waals surface area contributed by atoms with E-state index in [9.17, 15) is 4.79 Å². The standard InChI is InChI=1S/C19H19ClN2O2S/c1-19(2,24-14-10-8-13(20)9-11-14)18(23)22(3)12-17-21-15-6-4-5-7-16(15)25-17/h4-11H,12H2,1-3H3. The SMILES string of the molecule is CN(Cc1nc2ccccc2s1)C(=O)C(C)(C)Oc1ccc(Cl)cc1. The molecular weight excluding hydrogens is 356 g/mol. The highest BCUT2D eigenvalue weighted by Gasteiger charge is 2.33. The number of rotatable bonds is 5. The number of aromatic nitrogens is 1. The summed E-state index contributed by atoms with van der Waals surface area (Å²) in [5, 5.41) is 1.53. The van der Waals surface area contributed by atoms with Gasteiger partial charge >= 0.3 is 0 Å². The first-order valence-corrected chi connectivity index (χ1v) is 9.09. The normalized spacial score (nSPS) is 11.5. The van der Waals surface area contributed by atoms with Crippen LogP contribution in [-0.4, -0.2) is 28.4 Å². The smallest absolute Gasteiger partial charge is 0.266 e. The van der Waals surface area contributed by atoms with Crippen LogP contribution in [0.4, 0.5) is 0 Å². The summed E-state index contributed by atoms with van der Waals surface area (Å²) in [5.41, 5.74) is -0.0285. The van der Waals surface area contributed by atoms with Crippen LogP contribution in [0.25, 0.3) is 10.2 Å². The number of amides is 1. The Morgan fingerprint density at radius 3 is 2.56 bits per heavy atom. The van der Waals surface area contributed by atoms with E-state index in [1.165, 1.54) is 0 Å². The lowest BCUT2D eigenvalue weighted by Crippen LogP contribution is -2.47. The molecule has 1 heterocycles. The predicted octanol–water partition coefficient (Wildman–Crippen LogP) is 4.77. The number of ether oxygens (including phenoxy) is 1. The van der Waals surface area contributed by atoms with Crippen LogP contribution in [0.1, 0.15) is 18.9 Å². The molecule has 0 unspecified atom stereocenters. The van der Waals surface area contributed by atoms with Gasteiger partial charge in [-0.3, -0.25) is 4.79 Å². The number of para-hydroxylation sites is 1. The molecule has 0 bridgehead atoms. The van der Waals surface area contributed by atoms with Crippen molar-refractivity contribution in [3.05, 3.63) is 58.6 Å². The number of likely N-dealkylation sites (N-methyl/N-ethyl adjacent to an activating group) is 1. The van der Waals surface area contributed by atoms with Gasteiger partial charge in [-0.15, -0.1) is 11.3 Å². The van der Waals surface area contributed by atoms with Gasteiger partial charge in [0.05, 0.1) is 16.8 Å². The maximum absolute atomic E-state index is 12.8. The number of nitrogens with zero attached hydrogens (tertiary/aromatic N) is 2. The molecular formula is C19H19ClN2O2S. The van der Waals surface area contributed by atoms with Crippen molar-refractivity contribution in [3.63, 3.8) is 0 Å². The monoisotopic (exact) mass is 374 g/mol. The van der Waals surface area contributed by atoms with Gasteiger partial charge in [0, 0.05) is 12.1 Å². The van der Waals surface area contributed by atoms with Gasteiger partial charge in [0.1, 0.15) is 10.8 Å². The van der Waals surface area contributed by atoms with Crippen LogP contribution in [0, 0.1) is 0 Å². The van der Waals surface area contributed by atoms with E-state index in [1.807, 2.05) is 24.3 Å². The first kappa shape index (κ1) is 17.7. The van der Waals surface area contributed by atoms with E-state index in [4.69, 9.17) is 16.3 Å². The van der Waals surface area contributed by atoms with Gasteiger partial charge in [-0.05, 0) is 50.2 Å². The molecule has 0 N–H and O–H groups in total. The van der Waals surface area contributed by atoms with Crippen LogP contribution < -0.4 is 4.74 Å². The second-order valence-electron chi connectivity index (χ2n) is 6.30. The molecule has 4 nitrogen and oxygen atoms in total. The van der Waals surface area contributed by atoms with Gasteiger partial charge in [-0.1, -0.05) is 23.7 Å². The Hall–Kier alpha value is -2.11. The van der Waals surface area contributed by atoms with Crippen molar-refractivity contribution in [1.82, 2.24) is 9.88 Å². The number of halogens is 1. The maximum Gasteiger partial charge on any atom is 0.266 e. The first-order valence-electron chi connectivity index (χ1n) is 7.90. The van der Waals surface area contributed by atoms with Crippen molar-refractivity contribution < 1.29 is 9.53 Å².